The lowest BCUT2D eigenvalue weighted by Gasteiger charge is -2.26. The van der Waals surface area contributed by atoms with Crippen LogP contribution in [0.25, 0.3) is 22.5 Å². The zero-order chi connectivity index (χ0) is 21.3. The normalized spacial score (nSPS) is 16.2. The van der Waals surface area contributed by atoms with Gasteiger partial charge in [0.1, 0.15) is 11.6 Å². The number of hydrogen-bond acceptors (Lipinski definition) is 2. The first-order valence-corrected chi connectivity index (χ1v) is 10.5. The maximum Gasteiger partial charge on any atom is 0.119 e. The Labute approximate surface area is 178 Å². The highest BCUT2D eigenvalue weighted by Crippen LogP contribution is 2.38. The second-order valence-corrected chi connectivity index (χ2v) is 9.53. The molecule has 4 heteroatoms. The maximum absolute atomic E-state index is 5.10. The highest BCUT2D eigenvalue weighted by Gasteiger charge is 2.32. The molecule has 0 spiro atoms. The number of aryl methyl sites for hydroxylation is 2. The predicted molar refractivity (Wildman–Crippen MR) is 122 cm³/mol. The molecule has 1 aliphatic rings. The van der Waals surface area contributed by atoms with Crippen molar-refractivity contribution in [1.29, 1.82) is 0 Å². The van der Waals surface area contributed by atoms with Gasteiger partial charge in [0.15, 0.2) is 0 Å². The van der Waals surface area contributed by atoms with Crippen LogP contribution in [0.1, 0.15) is 50.5 Å². The summed E-state index contributed by atoms with van der Waals surface area (Å²) >= 11 is 0. The molecule has 4 nitrogen and oxygen atoms in total. The molecular weight excluding hydrogens is 368 g/mol. The third kappa shape index (κ3) is 2.67. The molecule has 0 saturated carbocycles. The fourth-order valence-corrected chi connectivity index (χ4v) is 4.77. The van der Waals surface area contributed by atoms with Crippen LogP contribution in [0.4, 0.5) is 0 Å². The minimum atomic E-state index is -0.235. The van der Waals surface area contributed by atoms with Crippen LogP contribution in [-0.4, -0.2) is 19.1 Å². The van der Waals surface area contributed by atoms with E-state index in [-0.39, 0.29) is 10.8 Å². The summed E-state index contributed by atoms with van der Waals surface area (Å²) in [6, 6.07) is 17.5. The van der Waals surface area contributed by atoms with Crippen LogP contribution >= 0.6 is 0 Å². The van der Waals surface area contributed by atoms with E-state index >= 15 is 0 Å². The van der Waals surface area contributed by atoms with E-state index in [1.807, 2.05) is 0 Å². The molecule has 0 unspecified atom stereocenters. The van der Waals surface area contributed by atoms with E-state index in [1.54, 1.807) is 0 Å². The highest BCUT2D eigenvalue weighted by molar-refractivity contribution is 5.64. The van der Waals surface area contributed by atoms with E-state index in [0.29, 0.717) is 0 Å². The van der Waals surface area contributed by atoms with Crippen molar-refractivity contribution in [2.75, 3.05) is 0 Å². The average molecular weight is 397 g/mol. The average Bonchev–Trinajstić information content (AvgIpc) is 3.31. The van der Waals surface area contributed by atoms with Gasteiger partial charge in [-0.15, -0.1) is 0 Å². The molecular formula is C26H28N4. The van der Waals surface area contributed by atoms with Crippen LogP contribution in [-0.2, 0) is 24.9 Å². The summed E-state index contributed by atoms with van der Waals surface area (Å²) in [4.78, 5) is 10.2. The molecule has 4 aromatic rings. The van der Waals surface area contributed by atoms with Gasteiger partial charge < -0.3 is 9.13 Å². The summed E-state index contributed by atoms with van der Waals surface area (Å²) in [6.07, 6.45) is 4.29. The van der Waals surface area contributed by atoms with Gasteiger partial charge in [-0.25, -0.2) is 9.97 Å². The Hall–Kier alpha value is -3.14. The molecule has 30 heavy (non-hydrogen) atoms. The fourth-order valence-electron chi connectivity index (χ4n) is 4.77. The summed E-state index contributed by atoms with van der Waals surface area (Å²) in [6.45, 7) is 8.97. The number of fused-ring (bicyclic) bond motifs is 10. The van der Waals surface area contributed by atoms with Gasteiger partial charge >= 0.3 is 0 Å². The van der Waals surface area contributed by atoms with Crippen molar-refractivity contribution in [2.45, 2.75) is 38.5 Å². The predicted octanol–water partition coefficient (Wildman–Crippen LogP) is 5.45. The molecule has 3 heterocycles. The number of nitrogens with zero attached hydrogens (tertiary/aromatic N) is 4. The topological polar surface area (TPSA) is 35.6 Å². The molecule has 2 aromatic carbocycles. The van der Waals surface area contributed by atoms with Gasteiger partial charge in [0.2, 0.25) is 0 Å². The Morgan fingerprint density at radius 2 is 1.03 bits per heavy atom. The van der Waals surface area contributed by atoms with Crippen LogP contribution in [0.3, 0.4) is 0 Å². The molecule has 0 amide bonds. The summed E-state index contributed by atoms with van der Waals surface area (Å²) < 4.78 is 4.33. The van der Waals surface area contributed by atoms with E-state index in [2.05, 4.69) is 112 Å². The van der Waals surface area contributed by atoms with Gasteiger partial charge in [-0.05, 0) is 51.0 Å². The van der Waals surface area contributed by atoms with E-state index in [1.165, 1.54) is 11.1 Å². The van der Waals surface area contributed by atoms with Gasteiger partial charge in [0.05, 0.1) is 11.4 Å². The molecule has 2 aromatic heterocycles. The van der Waals surface area contributed by atoms with Gasteiger partial charge in [-0.3, -0.25) is 0 Å². The van der Waals surface area contributed by atoms with E-state index in [9.17, 15) is 0 Å². The Bertz CT molecular complexity index is 1170. The third-order valence-corrected chi connectivity index (χ3v) is 6.63. The standard InChI is InChI=1S/C26H28N4/c1-25(2)19-11-7-9-17(13-19)22-16-30(6)24(28-22)26(3,4)20-12-8-10-18(14-20)21-15-29(5)23(25)27-21/h7-16H,1-6H3. The summed E-state index contributed by atoms with van der Waals surface area (Å²) in [7, 11) is 4.18. The Balaban J connectivity index is 1.86. The number of aromatic nitrogens is 4. The molecule has 0 saturated heterocycles. The smallest absolute Gasteiger partial charge is 0.119 e. The quantitative estimate of drug-likeness (QED) is 0.396. The summed E-state index contributed by atoms with van der Waals surface area (Å²) in [5.41, 5.74) is 6.29. The van der Waals surface area contributed by atoms with Crippen molar-refractivity contribution in [3.8, 4) is 22.5 Å². The van der Waals surface area contributed by atoms with Crippen LogP contribution in [0.5, 0.6) is 0 Å². The van der Waals surface area contributed by atoms with E-state index < -0.39 is 0 Å². The first-order valence-electron chi connectivity index (χ1n) is 10.5. The highest BCUT2D eigenvalue weighted by atomic mass is 15.1. The Morgan fingerprint density at radius 1 is 0.633 bits per heavy atom. The van der Waals surface area contributed by atoms with E-state index in [0.717, 1.165) is 34.2 Å². The van der Waals surface area contributed by atoms with Gasteiger partial charge in [0, 0.05) is 48.4 Å². The lowest BCUT2D eigenvalue weighted by Crippen LogP contribution is -2.24. The number of rotatable bonds is 0. The van der Waals surface area contributed by atoms with Crippen LogP contribution in [0.15, 0.2) is 60.9 Å². The molecule has 5 rings (SSSR count). The molecule has 0 N–H and O–H groups in total. The summed E-state index contributed by atoms with van der Waals surface area (Å²) in [5.74, 6) is 2.11. The zero-order valence-corrected chi connectivity index (χ0v) is 18.6. The second-order valence-electron chi connectivity index (χ2n) is 9.53. The van der Waals surface area contributed by atoms with Gasteiger partial charge in [-0.2, -0.15) is 0 Å². The monoisotopic (exact) mass is 396 g/mol. The van der Waals surface area contributed by atoms with E-state index in [4.69, 9.17) is 9.97 Å². The fraction of sp³-hybridized carbons (Fsp3) is 0.308. The van der Waals surface area contributed by atoms with Crippen molar-refractivity contribution in [3.63, 3.8) is 0 Å². The van der Waals surface area contributed by atoms with Crippen LogP contribution in [0, 0.1) is 0 Å². The largest absolute Gasteiger partial charge is 0.337 e. The Kier molecular flexibility index (Phi) is 3.88. The minimum Gasteiger partial charge on any atom is -0.337 e. The Morgan fingerprint density at radius 3 is 1.43 bits per heavy atom. The van der Waals surface area contributed by atoms with Crippen molar-refractivity contribution in [1.82, 2.24) is 19.1 Å². The third-order valence-electron chi connectivity index (χ3n) is 6.63. The molecule has 152 valence electrons. The lowest BCUT2D eigenvalue weighted by atomic mass is 9.82. The molecule has 1 aliphatic heterocycles. The molecule has 0 aliphatic carbocycles. The minimum absolute atomic E-state index is 0.235. The molecule has 0 fully saturated rings. The maximum atomic E-state index is 5.10. The molecule has 0 atom stereocenters. The van der Waals surface area contributed by atoms with Crippen molar-refractivity contribution in [2.24, 2.45) is 14.1 Å². The zero-order valence-electron chi connectivity index (χ0n) is 18.6. The lowest BCUT2D eigenvalue weighted by molar-refractivity contribution is 0.561. The van der Waals surface area contributed by atoms with Gasteiger partial charge in [0.25, 0.3) is 0 Å². The SMILES string of the molecule is Cn1cc2nc1C(C)(C)c1cccc(c1)-c1cn(C)c(n1)C(C)(C)c1cccc-2c1. The van der Waals surface area contributed by atoms with Crippen molar-refractivity contribution in [3.05, 3.63) is 83.7 Å². The first-order chi connectivity index (χ1) is 14.2. The number of imidazole rings is 2. The van der Waals surface area contributed by atoms with Crippen LogP contribution in [0.2, 0.25) is 0 Å². The van der Waals surface area contributed by atoms with Gasteiger partial charge in [-0.1, -0.05) is 36.4 Å². The van der Waals surface area contributed by atoms with Crippen molar-refractivity contribution < 1.29 is 0 Å². The summed E-state index contributed by atoms with van der Waals surface area (Å²) in [5, 5.41) is 0. The first kappa shape index (κ1) is 18.9. The number of hydrogen-bond donors (Lipinski definition) is 0. The molecule has 8 bridgehead atoms. The molecule has 0 radical (unpaired) electrons. The second kappa shape index (κ2) is 6.18. The number of benzene rings is 2. The van der Waals surface area contributed by atoms with Crippen molar-refractivity contribution >= 4 is 0 Å². The van der Waals surface area contributed by atoms with Crippen LogP contribution < -0.4 is 0 Å².